The van der Waals surface area contributed by atoms with Gasteiger partial charge in [-0.1, -0.05) is 0 Å². The molecule has 0 radical (unpaired) electrons. The van der Waals surface area contributed by atoms with Gasteiger partial charge in [0.1, 0.15) is 5.78 Å². The highest BCUT2D eigenvalue weighted by Crippen LogP contribution is 1.50. The van der Waals surface area contributed by atoms with Crippen LogP contribution in [0.15, 0.2) is 0 Å². The summed E-state index contributed by atoms with van der Waals surface area (Å²) in [5.74, 6) is 0.167. The van der Waals surface area contributed by atoms with E-state index in [2.05, 4.69) is 0 Å². The molecule has 0 fully saturated rings. The second-order valence-electron chi connectivity index (χ2n) is 0.908. The minimum Gasteiger partial charge on any atom is -0.412 e. The van der Waals surface area contributed by atoms with E-state index in [-0.39, 0.29) is 60.5 Å². The summed E-state index contributed by atoms with van der Waals surface area (Å²) in [6.45, 7) is 3.06. The van der Waals surface area contributed by atoms with Crippen molar-refractivity contribution in [2.24, 2.45) is 0 Å². The fraction of sp³-hybridized carbons (Fsp3) is 0.667. The van der Waals surface area contributed by atoms with Crippen molar-refractivity contribution in [1.82, 2.24) is 0 Å². The average molecular weight is 238 g/mol. The van der Waals surface area contributed by atoms with Gasteiger partial charge >= 0.3 is 0 Å². The van der Waals surface area contributed by atoms with Crippen molar-refractivity contribution < 1.29 is 59.6 Å². The van der Waals surface area contributed by atoms with Crippen LogP contribution >= 0.6 is 0 Å². The second-order valence-corrected chi connectivity index (χ2v) is 0.908. The maximum Gasteiger partial charge on any atom is 0.126 e. The molecular weight excluding hydrogens is 212 g/mol. The van der Waals surface area contributed by atoms with Gasteiger partial charge in [0.05, 0.1) is 0 Å². The highest BCUT2D eigenvalue weighted by molar-refractivity contribution is 5.72. The van der Waals surface area contributed by atoms with Gasteiger partial charge in [-0.25, -0.2) is 0 Å². The lowest BCUT2D eigenvalue weighted by Crippen LogP contribution is -1.69. The lowest BCUT2D eigenvalue weighted by atomic mass is 10.6. The van der Waals surface area contributed by atoms with E-state index in [1.54, 1.807) is 0 Å². The third-order valence-corrected chi connectivity index (χ3v) is 0. The molecule has 0 aliphatic rings. The number of rotatable bonds is 0. The van der Waals surface area contributed by atoms with Gasteiger partial charge in [0.2, 0.25) is 0 Å². The molecule has 0 aromatic heterocycles. The molecule has 0 heterocycles. The van der Waals surface area contributed by atoms with Crippen LogP contribution in [0.1, 0.15) is 13.8 Å². The Morgan fingerprint density at radius 2 is 0.500 bits per heavy atom. The number of hydrogen-bond acceptors (Lipinski definition) is 1. The summed E-state index contributed by atoms with van der Waals surface area (Å²) in [6, 6.07) is 0. The van der Waals surface area contributed by atoms with Gasteiger partial charge in [0, 0.05) is 0 Å². The zero-order chi connectivity index (χ0) is 3.58. The fourth-order valence-corrected chi connectivity index (χ4v) is 0. The van der Waals surface area contributed by atoms with E-state index < -0.39 is 0 Å². The molecule has 0 aliphatic carbocycles. The standard InChI is InChI=1S/C3H6O.10H2O/c1-3(2)4;;;;;;;;;;/h1-2H3;10*1H2. The van der Waals surface area contributed by atoms with Gasteiger partial charge in [-0.05, 0) is 13.8 Å². The Hall–Kier alpha value is -0.730. The van der Waals surface area contributed by atoms with Gasteiger partial charge in [-0.2, -0.15) is 0 Å². The quantitative estimate of drug-likeness (QED) is 0.389. The first-order chi connectivity index (χ1) is 1.73. The summed E-state index contributed by atoms with van der Waals surface area (Å²) in [4.78, 5) is 9.44. The van der Waals surface area contributed by atoms with Crippen LogP contribution in [0, 0.1) is 0 Å². The van der Waals surface area contributed by atoms with E-state index in [0.717, 1.165) is 0 Å². The summed E-state index contributed by atoms with van der Waals surface area (Å²) in [7, 11) is 0. The van der Waals surface area contributed by atoms with Crippen molar-refractivity contribution in [2.75, 3.05) is 0 Å². The summed E-state index contributed by atoms with van der Waals surface area (Å²) in [6.07, 6.45) is 0. The molecule has 11 nitrogen and oxygen atoms in total. The van der Waals surface area contributed by atoms with Gasteiger partial charge in [-0.3, -0.25) is 0 Å². The van der Waals surface area contributed by atoms with Crippen LogP contribution in [-0.2, 0) is 4.79 Å². The molecule has 0 saturated carbocycles. The lowest BCUT2D eigenvalue weighted by molar-refractivity contribution is -0.115. The minimum atomic E-state index is 0. The summed E-state index contributed by atoms with van der Waals surface area (Å²) in [5, 5.41) is 0. The Kier molecular flexibility index (Phi) is 8380. The molecule has 0 aromatic rings. The first-order valence-corrected chi connectivity index (χ1v) is 1.20. The largest absolute Gasteiger partial charge is 0.412 e. The molecule has 0 aliphatic heterocycles. The molecule has 0 aromatic carbocycles. The van der Waals surface area contributed by atoms with Crippen LogP contribution in [0.3, 0.4) is 0 Å². The number of Topliss-reactive ketones (excluding diaryl/α,β-unsaturated/α-hetero) is 1. The zero-order valence-electron chi connectivity index (χ0n) is 7.91. The van der Waals surface area contributed by atoms with Crippen LogP contribution in [-0.4, -0.2) is 60.5 Å². The molecule has 0 amide bonds. The van der Waals surface area contributed by atoms with E-state index in [1.807, 2.05) is 0 Å². The van der Waals surface area contributed by atoms with E-state index in [0.29, 0.717) is 0 Å². The number of ketones is 1. The van der Waals surface area contributed by atoms with Crippen molar-refractivity contribution in [3.8, 4) is 0 Å². The number of carbonyl (C=O) groups is 1. The molecular formula is C3H26O11. The van der Waals surface area contributed by atoms with E-state index in [9.17, 15) is 4.79 Å². The molecule has 0 rings (SSSR count). The van der Waals surface area contributed by atoms with E-state index in [4.69, 9.17) is 0 Å². The van der Waals surface area contributed by atoms with Crippen LogP contribution in [0.2, 0.25) is 0 Å². The minimum absolute atomic E-state index is 0. The van der Waals surface area contributed by atoms with Crippen molar-refractivity contribution in [3.63, 3.8) is 0 Å². The molecule has 0 atom stereocenters. The van der Waals surface area contributed by atoms with Crippen LogP contribution in [0.25, 0.3) is 0 Å². The third kappa shape index (κ3) is 2230. The molecule has 20 N–H and O–H groups in total. The van der Waals surface area contributed by atoms with Crippen LogP contribution in [0.5, 0.6) is 0 Å². The summed E-state index contributed by atoms with van der Waals surface area (Å²) in [5.41, 5.74) is 0. The molecule has 11 heteroatoms. The molecule has 0 bridgehead atoms. The third-order valence-electron chi connectivity index (χ3n) is 0. The van der Waals surface area contributed by atoms with E-state index >= 15 is 0 Å². The number of carbonyl (C=O) groups excluding carboxylic acids is 1. The Morgan fingerprint density at radius 1 is 0.500 bits per heavy atom. The highest BCUT2D eigenvalue weighted by atomic mass is 16.1. The first kappa shape index (κ1) is 388. The summed E-state index contributed by atoms with van der Waals surface area (Å²) < 4.78 is 0. The van der Waals surface area contributed by atoms with Crippen molar-refractivity contribution >= 4 is 5.78 Å². The fourth-order valence-electron chi connectivity index (χ4n) is 0. The van der Waals surface area contributed by atoms with Crippen molar-refractivity contribution in [2.45, 2.75) is 13.8 Å². The van der Waals surface area contributed by atoms with Crippen LogP contribution < -0.4 is 0 Å². The molecule has 104 valence electrons. The maximum atomic E-state index is 9.44. The maximum absolute atomic E-state index is 9.44. The van der Waals surface area contributed by atoms with E-state index in [1.165, 1.54) is 13.8 Å². The van der Waals surface area contributed by atoms with Gasteiger partial charge < -0.3 is 59.6 Å². The van der Waals surface area contributed by atoms with Crippen molar-refractivity contribution in [1.29, 1.82) is 0 Å². The van der Waals surface area contributed by atoms with Gasteiger partial charge in [-0.15, -0.1) is 0 Å². The Morgan fingerprint density at radius 3 is 0.500 bits per heavy atom. The molecule has 0 unspecified atom stereocenters. The zero-order valence-corrected chi connectivity index (χ0v) is 7.91. The predicted octanol–water partition coefficient (Wildman–Crippen LogP) is -7.65. The average Bonchev–Trinajstić information content (AvgIpc) is 0.811. The Balaban J connectivity index is -0.000000001000. The lowest BCUT2D eigenvalue weighted by Gasteiger charge is -1.56. The van der Waals surface area contributed by atoms with Gasteiger partial charge in [0.15, 0.2) is 0 Å². The first-order valence-electron chi connectivity index (χ1n) is 1.20. The Labute approximate surface area is 80.4 Å². The van der Waals surface area contributed by atoms with Crippen LogP contribution in [0.4, 0.5) is 0 Å². The second kappa shape index (κ2) is 302. The highest BCUT2D eigenvalue weighted by Gasteiger charge is 1.62. The normalized spacial score (nSPS) is 1.86. The molecule has 0 saturated heterocycles. The molecule has 0 spiro atoms. The SMILES string of the molecule is CC(C)=O.O.O.O.O.O.O.O.O.O.O. The van der Waals surface area contributed by atoms with Gasteiger partial charge in [0.25, 0.3) is 0 Å². The topological polar surface area (TPSA) is 332 Å². The smallest absolute Gasteiger partial charge is 0.126 e. The monoisotopic (exact) mass is 238 g/mol. The van der Waals surface area contributed by atoms with Crippen molar-refractivity contribution in [3.05, 3.63) is 0 Å². The summed E-state index contributed by atoms with van der Waals surface area (Å²) >= 11 is 0. The number of hydrogen-bond donors (Lipinski definition) is 0. The predicted molar refractivity (Wildman–Crippen MR) is 52.5 cm³/mol. The Bertz CT molecular complexity index is 33.5. The molecule has 14 heavy (non-hydrogen) atoms.